The maximum Gasteiger partial charge on any atom is 0.352 e. The average Bonchev–Trinajstić information content (AvgIpc) is 2.66. The summed E-state index contributed by atoms with van der Waals surface area (Å²) in [6, 6.07) is -1.60. The molecule has 2 amide bonds. The Balaban J connectivity index is 1.94. The van der Waals surface area contributed by atoms with Crippen LogP contribution in [0.15, 0.2) is 11.3 Å². The van der Waals surface area contributed by atoms with Crippen molar-refractivity contribution in [1.82, 2.24) is 15.5 Å². The molecule has 0 aromatic rings. The van der Waals surface area contributed by atoms with Crippen molar-refractivity contribution in [3.63, 3.8) is 0 Å². The largest absolute Gasteiger partial charge is 0.480 e. The molecule has 1 fully saturated rings. The molecule has 0 saturated carbocycles. The molecule has 0 radical (unpaired) electrons. The van der Waals surface area contributed by atoms with Gasteiger partial charge >= 0.3 is 17.9 Å². The van der Waals surface area contributed by atoms with Crippen LogP contribution in [0.4, 0.5) is 0 Å². The summed E-state index contributed by atoms with van der Waals surface area (Å²) < 4.78 is 4.86. The highest BCUT2D eigenvalue weighted by atomic mass is 32.2. The van der Waals surface area contributed by atoms with Crippen LogP contribution in [0.3, 0.4) is 0 Å². The molecule has 0 aliphatic carbocycles. The smallest absolute Gasteiger partial charge is 0.352 e. The number of carboxylic acids is 2. The van der Waals surface area contributed by atoms with Crippen molar-refractivity contribution in [2.24, 2.45) is 0 Å². The van der Waals surface area contributed by atoms with E-state index in [1.165, 1.54) is 25.7 Å². The van der Waals surface area contributed by atoms with Crippen molar-refractivity contribution in [2.75, 3.05) is 19.4 Å². The molecule has 1 saturated heterocycles. The summed E-state index contributed by atoms with van der Waals surface area (Å²) in [6.07, 6.45) is 0.623. The van der Waals surface area contributed by atoms with Gasteiger partial charge in [0.05, 0.1) is 0 Å². The van der Waals surface area contributed by atoms with E-state index in [-0.39, 0.29) is 30.9 Å². The summed E-state index contributed by atoms with van der Waals surface area (Å²) in [5, 5.41) is 23.1. The van der Waals surface area contributed by atoms with Gasteiger partial charge in [-0.3, -0.25) is 24.1 Å². The highest BCUT2D eigenvalue weighted by Crippen LogP contribution is 2.40. The Hall–Kier alpha value is -2.60. The lowest BCUT2D eigenvalue weighted by atomic mass is 10.0. The number of nitrogens with one attached hydrogen (secondary N) is 2. The van der Waals surface area contributed by atoms with Crippen LogP contribution in [0.2, 0.25) is 0 Å². The molecule has 2 aliphatic heterocycles. The first-order valence-electron chi connectivity index (χ1n) is 8.90. The fraction of sp³-hybridized carbons (Fsp3) is 0.588. The Morgan fingerprint density at radius 2 is 2.00 bits per heavy atom. The van der Waals surface area contributed by atoms with E-state index in [0.29, 0.717) is 12.0 Å². The van der Waals surface area contributed by atoms with Crippen LogP contribution in [0.5, 0.6) is 0 Å². The highest BCUT2D eigenvalue weighted by Gasteiger charge is 2.54. The van der Waals surface area contributed by atoms with Gasteiger partial charge in [-0.2, -0.15) is 0 Å². The lowest BCUT2D eigenvalue weighted by Gasteiger charge is -2.49. The summed E-state index contributed by atoms with van der Waals surface area (Å²) >= 11 is 1.27. The van der Waals surface area contributed by atoms with Crippen LogP contribution in [0.1, 0.15) is 26.2 Å². The van der Waals surface area contributed by atoms with Crippen LogP contribution < -0.4 is 10.6 Å². The molecule has 1 unspecified atom stereocenters. The monoisotopic (exact) mass is 429 g/mol. The molecule has 160 valence electrons. The summed E-state index contributed by atoms with van der Waals surface area (Å²) in [4.78, 5) is 59.2. The number of amides is 2. The second-order valence-electron chi connectivity index (χ2n) is 6.56. The molecule has 2 aliphatic rings. The molecule has 4 N–H and O–H groups in total. The van der Waals surface area contributed by atoms with Gasteiger partial charge in [0.1, 0.15) is 29.8 Å². The van der Waals surface area contributed by atoms with Crippen LogP contribution in [-0.2, 0) is 28.7 Å². The Kier molecular flexibility index (Phi) is 7.62. The van der Waals surface area contributed by atoms with E-state index in [1.54, 1.807) is 0 Å². The Bertz CT molecular complexity index is 753. The Labute approximate surface area is 170 Å². The van der Waals surface area contributed by atoms with Crippen molar-refractivity contribution in [3.05, 3.63) is 11.3 Å². The quantitative estimate of drug-likeness (QED) is 0.254. The van der Waals surface area contributed by atoms with Crippen LogP contribution in [0.25, 0.3) is 0 Å². The standard InChI is InChI=1S/C17H23N3O8S/c1-8(21)28-6-9-7-29-15-12(14(23)20(15)13(9)17(26)27)19-11(22)5-3-4-10(18-2)16(24)25/h10,12,15,18H,3-7H2,1-2H3,(H,19,22)(H,24,25)(H,26,27)/t10?,12-,15-/m1/s1. The number of fused-ring (bicyclic) bond motifs is 1. The van der Waals surface area contributed by atoms with Gasteiger partial charge in [-0.25, -0.2) is 4.79 Å². The topological polar surface area (TPSA) is 162 Å². The van der Waals surface area contributed by atoms with Crippen molar-refractivity contribution in [1.29, 1.82) is 0 Å². The Morgan fingerprint density at radius 3 is 2.55 bits per heavy atom. The lowest BCUT2D eigenvalue weighted by molar-refractivity contribution is -0.151. The summed E-state index contributed by atoms with van der Waals surface area (Å²) in [5.74, 6) is -3.57. The normalized spacial score (nSPS) is 21.7. The minimum Gasteiger partial charge on any atom is -0.480 e. The van der Waals surface area contributed by atoms with Crippen LogP contribution >= 0.6 is 11.8 Å². The van der Waals surface area contributed by atoms with Gasteiger partial charge in [0.25, 0.3) is 5.91 Å². The first-order chi connectivity index (χ1) is 13.7. The number of carbonyl (C=O) groups excluding carboxylic acids is 3. The average molecular weight is 429 g/mol. The van der Waals surface area contributed by atoms with Crippen LogP contribution in [-0.4, -0.2) is 81.7 Å². The predicted molar refractivity (Wildman–Crippen MR) is 101 cm³/mol. The highest BCUT2D eigenvalue weighted by molar-refractivity contribution is 8.00. The van der Waals surface area contributed by atoms with Crippen molar-refractivity contribution in [2.45, 2.75) is 43.6 Å². The fourth-order valence-corrected chi connectivity index (χ4v) is 4.41. The van der Waals surface area contributed by atoms with Gasteiger partial charge in [-0.05, 0) is 19.9 Å². The zero-order chi connectivity index (χ0) is 21.7. The molecule has 3 atom stereocenters. The van der Waals surface area contributed by atoms with Crippen molar-refractivity contribution < 1.29 is 38.9 Å². The number of carbonyl (C=O) groups is 5. The van der Waals surface area contributed by atoms with Gasteiger partial charge in [0.15, 0.2) is 0 Å². The van der Waals surface area contributed by atoms with Gasteiger partial charge in [0, 0.05) is 24.7 Å². The first kappa shape index (κ1) is 22.7. The molecule has 2 rings (SSSR count). The van der Waals surface area contributed by atoms with Crippen LogP contribution in [0, 0.1) is 0 Å². The molecule has 2 heterocycles. The number of carboxylic acid groups (broad SMARTS) is 2. The fourth-order valence-electron chi connectivity index (χ4n) is 3.09. The summed E-state index contributed by atoms with van der Waals surface area (Å²) in [7, 11) is 1.52. The number of nitrogens with zero attached hydrogens (tertiary/aromatic N) is 1. The SMILES string of the molecule is CNC(CCCC(=O)N[C@@H]1C(=O)N2C(C(=O)O)=C(COC(C)=O)CS[C@H]12)C(=O)O. The number of hydrogen-bond acceptors (Lipinski definition) is 8. The molecular formula is C17H23N3O8S. The van der Waals surface area contributed by atoms with E-state index in [1.807, 2.05) is 0 Å². The minimum absolute atomic E-state index is 0.0476. The van der Waals surface area contributed by atoms with E-state index in [4.69, 9.17) is 9.84 Å². The number of rotatable bonds is 10. The molecule has 0 aromatic heterocycles. The predicted octanol–water partition coefficient (Wildman–Crippen LogP) is -0.869. The van der Waals surface area contributed by atoms with E-state index < -0.39 is 47.2 Å². The molecule has 0 aromatic carbocycles. The molecule has 11 nitrogen and oxygen atoms in total. The third-order valence-corrected chi connectivity index (χ3v) is 5.90. The number of likely N-dealkylation sites (N-methyl/N-ethyl adjacent to an activating group) is 1. The van der Waals surface area contributed by atoms with E-state index in [0.717, 1.165) is 4.90 Å². The first-order valence-corrected chi connectivity index (χ1v) is 9.95. The van der Waals surface area contributed by atoms with E-state index in [9.17, 15) is 29.1 Å². The maximum atomic E-state index is 12.5. The number of esters is 1. The molecule has 0 spiro atoms. The lowest BCUT2D eigenvalue weighted by Crippen LogP contribution is -2.70. The molecular weight excluding hydrogens is 406 g/mol. The molecule has 29 heavy (non-hydrogen) atoms. The second-order valence-corrected chi connectivity index (χ2v) is 7.67. The number of aliphatic carboxylic acids is 2. The zero-order valence-electron chi connectivity index (χ0n) is 16.0. The van der Waals surface area contributed by atoms with E-state index in [2.05, 4.69) is 10.6 Å². The van der Waals surface area contributed by atoms with Gasteiger partial charge in [0.2, 0.25) is 5.91 Å². The van der Waals surface area contributed by atoms with Gasteiger partial charge < -0.3 is 25.6 Å². The number of hydrogen-bond donors (Lipinski definition) is 4. The number of β-lactam (4-membered cyclic amide) rings is 1. The third kappa shape index (κ3) is 5.26. The number of thioether (sulfide) groups is 1. The van der Waals surface area contributed by atoms with Crippen molar-refractivity contribution in [3.8, 4) is 0 Å². The minimum atomic E-state index is -1.30. The van der Waals surface area contributed by atoms with E-state index >= 15 is 0 Å². The van der Waals surface area contributed by atoms with Gasteiger partial charge in [-0.1, -0.05) is 0 Å². The van der Waals surface area contributed by atoms with Gasteiger partial charge in [-0.15, -0.1) is 11.8 Å². The third-order valence-electron chi connectivity index (χ3n) is 4.56. The molecule has 12 heteroatoms. The summed E-state index contributed by atoms with van der Waals surface area (Å²) in [5.41, 5.74) is 0.0997. The summed E-state index contributed by atoms with van der Waals surface area (Å²) in [6.45, 7) is 0.989. The maximum absolute atomic E-state index is 12.5. The number of ether oxygens (including phenoxy) is 1. The Morgan fingerprint density at radius 1 is 1.31 bits per heavy atom. The van der Waals surface area contributed by atoms with Crippen molar-refractivity contribution >= 4 is 41.5 Å². The zero-order valence-corrected chi connectivity index (χ0v) is 16.8. The molecule has 0 bridgehead atoms. The second kappa shape index (κ2) is 9.74.